The van der Waals surface area contributed by atoms with Crippen molar-refractivity contribution in [3.8, 4) is 5.75 Å². The van der Waals surface area contributed by atoms with Gasteiger partial charge in [0, 0.05) is 6.07 Å². The van der Waals surface area contributed by atoms with Crippen LogP contribution < -0.4 is 0 Å². The van der Waals surface area contributed by atoms with Gasteiger partial charge in [0.1, 0.15) is 11.6 Å². The van der Waals surface area contributed by atoms with E-state index < -0.39 is 0 Å². The van der Waals surface area contributed by atoms with Crippen LogP contribution >= 0.6 is 0 Å². The number of halogens is 1. The van der Waals surface area contributed by atoms with E-state index in [0.717, 1.165) is 18.4 Å². The van der Waals surface area contributed by atoms with Crippen LogP contribution in [0.4, 0.5) is 4.39 Å². The molecular formula is C9H9FO. The van der Waals surface area contributed by atoms with Crippen LogP contribution in [-0.2, 0) is 0 Å². The molecule has 0 amide bonds. The van der Waals surface area contributed by atoms with E-state index in [1.807, 2.05) is 0 Å². The Kier molecular flexibility index (Phi) is 1.34. The molecule has 1 fully saturated rings. The van der Waals surface area contributed by atoms with Gasteiger partial charge in [0.15, 0.2) is 0 Å². The van der Waals surface area contributed by atoms with Gasteiger partial charge in [-0.2, -0.15) is 0 Å². The second-order valence-corrected chi connectivity index (χ2v) is 2.98. The predicted molar refractivity (Wildman–Crippen MR) is 40.0 cm³/mol. The summed E-state index contributed by atoms with van der Waals surface area (Å²) in [6.07, 6.45) is 2.25. The number of hydrogen-bond donors (Lipinski definition) is 1. The molecule has 1 aliphatic carbocycles. The molecule has 0 atom stereocenters. The smallest absolute Gasteiger partial charge is 0.126 e. The average molecular weight is 152 g/mol. The maximum atomic E-state index is 12.5. The van der Waals surface area contributed by atoms with Crippen LogP contribution in [0.2, 0.25) is 0 Å². The summed E-state index contributed by atoms with van der Waals surface area (Å²) in [6, 6.07) is 4.24. The first-order valence-electron chi connectivity index (χ1n) is 3.76. The summed E-state index contributed by atoms with van der Waals surface area (Å²) in [4.78, 5) is 0. The molecule has 0 heterocycles. The normalized spacial score (nSPS) is 16.8. The molecule has 0 saturated heterocycles. The highest BCUT2D eigenvalue weighted by Gasteiger charge is 2.25. The van der Waals surface area contributed by atoms with E-state index in [1.165, 1.54) is 12.1 Å². The molecule has 0 spiro atoms. The van der Waals surface area contributed by atoms with E-state index in [-0.39, 0.29) is 11.6 Å². The zero-order valence-corrected chi connectivity index (χ0v) is 6.05. The van der Waals surface area contributed by atoms with Crippen LogP contribution in [0.5, 0.6) is 5.75 Å². The highest BCUT2D eigenvalue weighted by Crippen LogP contribution is 2.43. The van der Waals surface area contributed by atoms with Gasteiger partial charge in [-0.1, -0.05) is 6.07 Å². The van der Waals surface area contributed by atoms with Crippen molar-refractivity contribution in [2.45, 2.75) is 18.8 Å². The quantitative estimate of drug-likeness (QED) is 0.655. The minimum atomic E-state index is -0.369. The topological polar surface area (TPSA) is 20.2 Å². The summed E-state index contributed by atoms with van der Waals surface area (Å²) >= 11 is 0. The molecule has 58 valence electrons. The third-order valence-corrected chi connectivity index (χ3v) is 2.01. The maximum absolute atomic E-state index is 12.5. The molecule has 0 aliphatic heterocycles. The number of hydrogen-bond acceptors (Lipinski definition) is 1. The van der Waals surface area contributed by atoms with Gasteiger partial charge in [0.2, 0.25) is 0 Å². The zero-order valence-electron chi connectivity index (χ0n) is 6.05. The van der Waals surface area contributed by atoms with Crippen LogP contribution in [0.15, 0.2) is 18.2 Å². The van der Waals surface area contributed by atoms with Crippen molar-refractivity contribution in [1.29, 1.82) is 0 Å². The Labute approximate surface area is 64.5 Å². The molecule has 2 rings (SSSR count). The Hall–Kier alpha value is -1.05. The molecule has 1 saturated carbocycles. The Morgan fingerprint density at radius 1 is 1.36 bits per heavy atom. The molecule has 1 aromatic rings. The third kappa shape index (κ3) is 1.20. The van der Waals surface area contributed by atoms with Crippen molar-refractivity contribution in [1.82, 2.24) is 0 Å². The standard InChI is InChI=1S/C9H9FO/c10-7-3-4-8(6-1-2-6)9(11)5-7/h3-6,11H,1-2H2. The van der Waals surface area contributed by atoms with Crippen molar-refractivity contribution in [2.24, 2.45) is 0 Å². The molecule has 0 unspecified atom stereocenters. The Morgan fingerprint density at radius 2 is 2.09 bits per heavy atom. The summed E-state index contributed by atoms with van der Waals surface area (Å²) in [6.45, 7) is 0. The van der Waals surface area contributed by atoms with Gasteiger partial charge >= 0.3 is 0 Å². The lowest BCUT2D eigenvalue weighted by Gasteiger charge is -2.00. The van der Waals surface area contributed by atoms with E-state index in [4.69, 9.17) is 0 Å². The van der Waals surface area contributed by atoms with Crippen LogP contribution in [0.3, 0.4) is 0 Å². The van der Waals surface area contributed by atoms with Crippen LogP contribution in [0.25, 0.3) is 0 Å². The molecule has 1 aromatic carbocycles. The van der Waals surface area contributed by atoms with Crippen molar-refractivity contribution in [3.63, 3.8) is 0 Å². The molecule has 1 aliphatic rings. The minimum absolute atomic E-state index is 0.104. The summed E-state index contributed by atoms with van der Waals surface area (Å²) < 4.78 is 12.5. The Morgan fingerprint density at radius 3 is 2.64 bits per heavy atom. The lowest BCUT2D eigenvalue weighted by molar-refractivity contribution is 0.462. The largest absolute Gasteiger partial charge is 0.508 e. The van der Waals surface area contributed by atoms with E-state index in [9.17, 15) is 9.50 Å². The number of phenolic OH excluding ortho intramolecular Hbond substituents is 1. The predicted octanol–water partition coefficient (Wildman–Crippen LogP) is 2.41. The van der Waals surface area contributed by atoms with Gasteiger partial charge in [-0.15, -0.1) is 0 Å². The second kappa shape index (κ2) is 2.22. The van der Waals surface area contributed by atoms with Crippen LogP contribution in [-0.4, -0.2) is 5.11 Å². The maximum Gasteiger partial charge on any atom is 0.126 e. The fourth-order valence-corrected chi connectivity index (χ4v) is 1.26. The third-order valence-electron chi connectivity index (χ3n) is 2.01. The highest BCUT2D eigenvalue weighted by atomic mass is 19.1. The summed E-state index contributed by atoms with van der Waals surface area (Å²) in [5.41, 5.74) is 0.895. The van der Waals surface area contributed by atoms with Crippen molar-refractivity contribution < 1.29 is 9.50 Å². The summed E-state index contributed by atoms with van der Waals surface area (Å²) in [7, 11) is 0. The fraction of sp³-hybridized carbons (Fsp3) is 0.333. The number of aromatic hydroxyl groups is 1. The fourth-order valence-electron chi connectivity index (χ4n) is 1.26. The van der Waals surface area contributed by atoms with Gasteiger partial charge < -0.3 is 5.11 Å². The van der Waals surface area contributed by atoms with Gasteiger partial charge in [0.25, 0.3) is 0 Å². The first-order chi connectivity index (χ1) is 5.27. The first kappa shape index (κ1) is 6.65. The van der Waals surface area contributed by atoms with Gasteiger partial charge in [0.05, 0.1) is 0 Å². The van der Waals surface area contributed by atoms with Crippen LogP contribution in [0, 0.1) is 5.82 Å². The van der Waals surface area contributed by atoms with Crippen molar-refractivity contribution in [3.05, 3.63) is 29.6 Å². The number of phenols is 1. The van der Waals surface area contributed by atoms with Gasteiger partial charge in [-0.05, 0) is 30.4 Å². The lowest BCUT2D eigenvalue weighted by atomic mass is 10.1. The molecule has 0 aromatic heterocycles. The molecule has 1 nitrogen and oxygen atoms in total. The first-order valence-corrected chi connectivity index (χ1v) is 3.76. The van der Waals surface area contributed by atoms with E-state index in [2.05, 4.69) is 0 Å². The SMILES string of the molecule is Oc1cc(F)ccc1C1CC1. The van der Waals surface area contributed by atoms with E-state index in [0.29, 0.717) is 5.92 Å². The average Bonchev–Trinajstić information content (AvgIpc) is 2.70. The number of rotatable bonds is 1. The monoisotopic (exact) mass is 152 g/mol. The molecule has 11 heavy (non-hydrogen) atoms. The molecule has 2 heteroatoms. The molecule has 0 radical (unpaired) electrons. The molecular weight excluding hydrogens is 143 g/mol. The highest BCUT2D eigenvalue weighted by molar-refractivity contribution is 5.37. The number of benzene rings is 1. The summed E-state index contributed by atoms with van der Waals surface area (Å²) in [5, 5.41) is 9.26. The van der Waals surface area contributed by atoms with E-state index >= 15 is 0 Å². The summed E-state index contributed by atoms with van der Waals surface area (Å²) in [5.74, 6) is 0.218. The second-order valence-electron chi connectivity index (χ2n) is 2.98. The van der Waals surface area contributed by atoms with Crippen molar-refractivity contribution >= 4 is 0 Å². The minimum Gasteiger partial charge on any atom is -0.508 e. The van der Waals surface area contributed by atoms with Crippen LogP contribution in [0.1, 0.15) is 24.3 Å². The zero-order chi connectivity index (χ0) is 7.84. The van der Waals surface area contributed by atoms with Gasteiger partial charge in [-0.25, -0.2) is 4.39 Å². The van der Waals surface area contributed by atoms with Crippen molar-refractivity contribution in [2.75, 3.05) is 0 Å². The Bertz CT molecular complexity index is 279. The van der Waals surface area contributed by atoms with E-state index in [1.54, 1.807) is 6.07 Å². The Balaban J connectivity index is 2.39. The molecule has 0 bridgehead atoms. The molecule has 1 N–H and O–H groups in total. The lowest BCUT2D eigenvalue weighted by Crippen LogP contribution is -1.81. The van der Waals surface area contributed by atoms with Gasteiger partial charge in [-0.3, -0.25) is 0 Å².